The molecular weight excluding hydrogens is 338 g/mol. The van der Waals surface area contributed by atoms with Crippen LogP contribution in [0.15, 0.2) is 63.9 Å². The van der Waals surface area contributed by atoms with Crippen LogP contribution < -0.4 is 10.1 Å². The van der Waals surface area contributed by atoms with Gasteiger partial charge in [0, 0.05) is 22.6 Å². The molecule has 1 aromatic heterocycles. The van der Waals surface area contributed by atoms with Crippen molar-refractivity contribution < 1.29 is 13.9 Å². The van der Waals surface area contributed by atoms with Gasteiger partial charge in [0.25, 0.3) is 5.91 Å². The molecule has 0 unspecified atom stereocenters. The van der Waals surface area contributed by atoms with Gasteiger partial charge in [-0.15, -0.1) is 16.9 Å². The number of thioether (sulfide) groups is 1. The first-order chi connectivity index (χ1) is 12.2. The molecule has 6 nitrogen and oxygen atoms in total. The lowest BCUT2D eigenvalue weighted by molar-refractivity contribution is 0.102. The summed E-state index contributed by atoms with van der Waals surface area (Å²) in [6, 6.07) is 17.0. The van der Waals surface area contributed by atoms with Crippen molar-refractivity contribution in [2.45, 2.75) is 11.3 Å². The number of benzene rings is 2. The predicted octanol–water partition coefficient (Wildman–Crippen LogP) is 3.67. The van der Waals surface area contributed by atoms with Gasteiger partial charge in [0.1, 0.15) is 5.75 Å². The third kappa shape index (κ3) is 4.84. The van der Waals surface area contributed by atoms with Crippen molar-refractivity contribution in [3.63, 3.8) is 0 Å². The van der Waals surface area contributed by atoms with Gasteiger partial charge in [-0.2, -0.15) is 0 Å². The number of ether oxygens (including phenoxy) is 1. The lowest BCUT2D eigenvalue weighted by Gasteiger charge is -2.03. The molecule has 0 radical (unpaired) electrons. The van der Waals surface area contributed by atoms with Gasteiger partial charge >= 0.3 is 6.01 Å². The first-order valence-corrected chi connectivity index (χ1v) is 8.69. The van der Waals surface area contributed by atoms with Gasteiger partial charge in [0.05, 0.1) is 7.11 Å². The third-order valence-electron chi connectivity index (χ3n) is 3.35. The number of nitrogens with zero attached hydrogens (tertiary/aromatic N) is 2. The zero-order valence-electron chi connectivity index (χ0n) is 13.6. The molecule has 0 aliphatic heterocycles. The quantitative estimate of drug-likeness (QED) is 0.652. The van der Waals surface area contributed by atoms with Crippen molar-refractivity contribution in [1.29, 1.82) is 0 Å². The topological polar surface area (TPSA) is 77.2 Å². The molecule has 0 spiro atoms. The zero-order chi connectivity index (χ0) is 17.5. The molecular formula is C18H17N3O3S. The molecule has 0 aliphatic carbocycles. The highest BCUT2D eigenvalue weighted by molar-refractivity contribution is 7.99. The van der Waals surface area contributed by atoms with Gasteiger partial charge in [0.2, 0.25) is 5.89 Å². The summed E-state index contributed by atoms with van der Waals surface area (Å²) in [7, 11) is 1.55. The summed E-state index contributed by atoms with van der Waals surface area (Å²) in [5.74, 6) is 1.59. The summed E-state index contributed by atoms with van der Waals surface area (Å²) in [5, 5.41) is 10.4. The highest BCUT2D eigenvalue weighted by Gasteiger charge is 2.12. The molecule has 25 heavy (non-hydrogen) atoms. The van der Waals surface area contributed by atoms with Gasteiger partial charge < -0.3 is 9.15 Å². The minimum absolute atomic E-state index is 0.0903. The number of amides is 1. The lowest BCUT2D eigenvalue weighted by atomic mass is 10.2. The second kappa shape index (κ2) is 8.34. The number of nitrogens with one attached hydrogen (secondary N) is 1. The fourth-order valence-corrected chi connectivity index (χ4v) is 2.97. The van der Waals surface area contributed by atoms with E-state index in [9.17, 15) is 4.79 Å². The summed E-state index contributed by atoms with van der Waals surface area (Å²) < 4.78 is 10.6. The molecule has 2 aromatic carbocycles. The smallest absolute Gasteiger partial charge is 0.322 e. The van der Waals surface area contributed by atoms with Crippen molar-refractivity contribution in [3.05, 3.63) is 66.1 Å². The Labute approximate surface area is 149 Å². The Balaban J connectivity index is 1.53. The Morgan fingerprint density at radius 1 is 1.16 bits per heavy atom. The number of hydrogen-bond acceptors (Lipinski definition) is 6. The average Bonchev–Trinajstić information content (AvgIpc) is 3.10. The SMILES string of the molecule is COc1cccc(C(=O)Nc2nnc(CCSc3ccccc3)o2)c1. The van der Waals surface area contributed by atoms with E-state index in [0.717, 1.165) is 5.75 Å². The van der Waals surface area contributed by atoms with E-state index in [1.807, 2.05) is 18.2 Å². The van der Waals surface area contributed by atoms with Gasteiger partial charge in [0.15, 0.2) is 0 Å². The van der Waals surface area contributed by atoms with Crippen LogP contribution in [0.4, 0.5) is 6.01 Å². The molecule has 0 atom stereocenters. The Kier molecular flexibility index (Phi) is 5.69. The summed E-state index contributed by atoms with van der Waals surface area (Å²) in [4.78, 5) is 13.4. The maximum atomic E-state index is 12.2. The molecule has 1 heterocycles. The first kappa shape index (κ1) is 17.0. The normalized spacial score (nSPS) is 10.4. The molecule has 3 aromatic rings. The second-order valence-electron chi connectivity index (χ2n) is 5.10. The van der Waals surface area contributed by atoms with E-state index in [0.29, 0.717) is 23.6 Å². The highest BCUT2D eigenvalue weighted by Crippen LogP contribution is 2.19. The fourth-order valence-electron chi connectivity index (χ4n) is 2.11. The van der Waals surface area contributed by atoms with Crippen LogP contribution in [-0.2, 0) is 6.42 Å². The molecule has 3 rings (SSSR count). The highest BCUT2D eigenvalue weighted by atomic mass is 32.2. The van der Waals surface area contributed by atoms with Crippen LogP contribution in [0.2, 0.25) is 0 Å². The molecule has 7 heteroatoms. The summed E-state index contributed by atoms with van der Waals surface area (Å²) in [6.45, 7) is 0. The van der Waals surface area contributed by atoms with Gasteiger partial charge in [-0.25, -0.2) is 0 Å². The fraction of sp³-hybridized carbons (Fsp3) is 0.167. The molecule has 1 amide bonds. The van der Waals surface area contributed by atoms with Crippen LogP contribution in [0.1, 0.15) is 16.2 Å². The predicted molar refractivity (Wildman–Crippen MR) is 96.1 cm³/mol. The average molecular weight is 355 g/mol. The van der Waals surface area contributed by atoms with Crippen LogP contribution in [0, 0.1) is 0 Å². The van der Waals surface area contributed by atoms with Crippen LogP contribution in [-0.4, -0.2) is 29.0 Å². The Morgan fingerprint density at radius 3 is 2.80 bits per heavy atom. The minimum atomic E-state index is -0.326. The Hall–Kier alpha value is -2.80. The van der Waals surface area contributed by atoms with E-state index < -0.39 is 0 Å². The maximum absolute atomic E-state index is 12.2. The van der Waals surface area contributed by atoms with E-state index in [1.165, 1.54) is 4.90 Å². The molecule has 0 bridgehead atoms. The van der Waals surface area contributed by atoms with Crippen LogP contribution in [0.3, 0.4) is 0 Å². The summed E-state index contributed by atoms with van der Waals surface area (Å²) in [6.07, 6.45) is 0.627. The van der Waals surface area contributed by atoms with Gasteiger partial charge in [-0.3, -0.25) is 10.1 Å². The number of hydrogen-bond donors (Lipinski definition) is 1. The number of methoxy groups -OCH3 is 1. The maximum Gasteiger partial charge on any atom is 0.322 e. The number of carbonyl (C=O) groups is 1. The third-order valence-corrected chi connectivity index (χ3v) is 4.36. The monoisotopic (exact) mass is 355 g/mol. The summed E-state index contributed by atoms with van der Waals surface area (Å²) >= 11 is 1.71. The van der Waals surface area contributed by atoms with E-state index in [2.05, 4.69) is 27.6 Å². The van der Waals surface area contributed by atoms with Crippen molar-refractivity contribution in [2.24, 2.45) is 0 Å². The van der Waals surface area contributed by atoms with E-state index in [4.69, 9.17) is 9.15 Å². The lowest BCUT2D eigenvalue weighted by Crippen LogP contribution is -2.12. The molecule has 0 fully saturated rings. The largest absolute Gasteiger partial charge is 0.497 e. The molecule has 1 N–H and O–H groups in total. The Bertz CT molecular complexity index is 836. The van der Waals surface area contributed by atoms with Crippen LogP contribution in [0.25, 0.3) is 0 Å². The van der Waals surface area contributed by atoms with E-state index in [1.54, 1.807) is 43.1 Å². The van der Waals surface area contributed by atoms with E-state index in [-0.39, 0.29) is 11.9 Å². The minimum Gasteiger partial charge on any atom is -0.497 e. The second-order valence-corrected chi connectivity index (χ2v) is 6.27. The molecule has 0 saturated heterocycles. The van der Waals surface area contributed by atoms with Crippen molar-refractivity contribution >= 4 is 23.7 Å². The van der Waals surface area contributed by atoms with Gasteiger partial charge in [-0.1, -0.05) is 29.4 Å². The standard InChI is InChI=1S/C18H17N3O3S/c1-23-14-7-5-6-13(12-14)17(22)19-18-21-20-16(24-18)10-11-25-15-8-3-2-4-9-15/h2-9,12H,10-11H2,1H3,(H,19,21,22). The molecule has 0 saturated carbocycles. The van der Waals surface area contributed by atoms with Crippen LogP contribution in [0.5, 0.6) is 5.75 Å². The zero-order valence-corrected chi connectivity index (χ0v) is 14.5. The number of aryl methyl sites for hydroxylation is 1. The molecule has 128 valence electrons. The van der Waals surface area contributed by atoms with Gasteiger partial charge in [-0.05, 0) is 30.3 Å². The number of aromatic nitrogens is 2. The van der Waals surface area contributed by atoms with E-state index >= 15 is 0 Å². The van der Waals surface area contributed by atoms with Crippen molar-refractivity contribution in [2.75, 3.05) is 18.2 Å². The van der Waals surface area contributed by atoms with Crippen molar-refractivity contribution in [1.82, 2.24) is 10.2 Å². The summed E-state index contributed by atoms with van der Waals surface area (Å²) in [5.41, 5.74) is 0.457. The molecule has 0 aliphatic rings. The number of carbonyl (C=O) groups excluding carboxylic acids is 1. The van der Waals surface area contributed by atoms with Crippen molar-refractivity contribution in [3.8, 4) is 5.75 Å². The number of rotatable bonds is 7. The Morgan fingerprint density at radius 2 is 2.00 bits per heavy atom. The number of anilines is 1. The first-order valence-electron chi connectivity index (χ1n) is 7.70. The van der Waals surface area contributed by atoms with Crippen LogP contribution >= 0.6 is 11.8 Å².